The van der Waals surface area contributed by atoms with Gasteiger partial charge < -0.3 is 0 Å². The molecule has 0 spiro atoms. The third-order valence-electron chi connectivity index (χ3n) is 4.74. The van der Waals surface area contributed by atoms with Crippen molar-refractivity contribution >= 4 is 35.5 Å². The number of rotatable bonds is 7. The second-order valence-electron chi connectivity index (χ2n) is 7.15. The molecule has 35 heavy (non-hydrogen) atoms. The summed E-state index contributed by atoms with van der Waals surface area (Å²) in [6.45, 7) is 0. The van der Waals surface area contributed by atoms with Crippen LogP contribution in [0.25, 0.3) is 17.1 Å². The number of halogens is 4. The van der Waals surface area contributed by atoms with Crippen LogP contribution in [0, 0.1) is 0 Å². The van der Waals surface area contributed by atoms with E-state index in [9.17, 15) is 18.0 Å². The SMILES string of the molecule is O=C(CSc1nnc(-c2ccccc2)n1-c1ccc(Cl)cc1)N/N=C\c1ccccc1C(F)(F)F. The molecule has 0 bridgehead atoms. The molecule has 3 aromatic carbocycles. The van der Waals surface area contributed by atoms with Gasteiger partial charge in [-0.15, -0.1) is 10.2 Å². The first-order chi connectivity index (χ1) is 16.8. The Morgan fingerprint density at radius 2 is 1.69 bits per heavy atom. The molecule has 1 N–H and O–H groups in total. The van der Waals surface area contributed by atoms with Crippen LogP contribution in [0.5, 0.6) is 0 Å². The van der Waals surface area contributed by atoms with Gasteiger partial charge in [0, 0.05) is 21.8 Å². The van der Waals surface area contributed by atoms with Crippen LogP contribution < -0.4 is 5.43 Å². The first kappa shape index (κ1) is 24.5. The van der Waals surface area contributed by atoms with E-state index in [2.05, 4.69) is 20.7 Å². The molecule has 1 aromatic heterocycles. The summed E-state index contributed by atoms with van der Waals surface area (Å²) in [5.41, 5.74) is 2.85. The van der Waals surface area contributed by atoms with E-state index in [1.807, 2.05) is 42.5 Å². The van der Waals surface area contributed by atoms with Gasteiger partial charge in [-0.1, -0.05) is 71.9 Å². The fourth-order valence-corrected chi connectivity index (χ4v) is 4.03. The second kappa shape index (κ2) is 10.7. The Balaban J connectivity index is 1.49. The number of hydrogen-bond acceptors (Lipinski definition) is 5. The number of alkyl halides is 3. The monoisotopic (exact) mass is 515 g/mol. The summed E-state index contributed by atoms with van der Waals surface area (Å²) in [6, 6.07) is 21.5. The van der Waals surface area contributed by atoms with E-state index in [4.69, 9.17) is 11.6 Å². The molecule has 4 aromatic rings. The van der Waals surface area contributed by atoms with Gasteiger partial charge >= 0.3 is 6.18 Å². The van der Waals surface area contributed by atoms with Crippen molar-refractivity contribution in [3.05, 3.63) is 95.0 Å². The number of nitrogens with one attached hydrogen (secondary N) is 1. The molecule has 6 nitrogen and oxygen atoms in total. The van der Waals surface area contributed by atoms with Crippen molar-refractivity contribution in [1.82, 2.24) is 20.2 Å². The van der Waals surface area contributed by atoms with E-state index < -0.39 is 17.6 Å². The number of amides is 1. The molecule has 0 saturated carbocycles. The van der Waals surface area contributed by atoms with Crippen molar-refractivity contribution in [2.45, 2.75) is 11.3 Å². The lowest BCUT2D eigenvalue weighted by molar-refractivity contribution is -0.137. The fourth-order valence-electron chi connectivity index (χ4n) is 3.16. The smallest absolute Gasteiger partial charge is 0.272 e. The van der Waals surface area contributed by atoms with Crippen molar-refractivity contribution in [3.63, 3.8) is 0 Å². The minimum Gasteiger partial charge on any atom is -0.272 e. The molecule has 0 radical (unpaired) electrons. The standard InChI is InChI=1S/C24H17ClF3N5OS/c25-18-10-12-19(13-11-18)33-22(16-6-2-1-3-7-16)31-32-23(33)35-15-21(34)30-29-14-17-8-4-5-9-20(17)24(26,27)28/h1-14H,15H2,(H,30,34)/b29-14-. The van der Waals surface area contributed by atoms with Crippen LogP contribution in [0.3, 0.4) is 0 Å². The van der Waals surface area contributed by atoms with Gasteiger partial charge in [-0.3, -0.25) is 9.36 Å². The third-order valence-corrected chi connectivity index (χ3v) is 5.92. The Bertz CT molecular complexity index is 1340. The Hall–Kier alpha value is -3.63. The number of hydrazone groups is 1. The Labute approximate surface area is 207 Å². The van der Waals surface area contributed by atoms with Gasteiger partial charge in [0.1, 0.15) is 0 Å². The summed E-state index contributed by atoms with van der Waals surface area (Å²) in [7, 11) is 0. The topological polar surface area (TPSA) is 72.2 Å². The highest BCUT2D eigenvalue weighted by atomic mass is 35.5. The van der Waals surface area contributed by atoms with Crippen molar-refractivity contribution in [3.8, 4) is 17.1 Å². The summed E-state index contributed by atoms with van der Waals surface area (Å²) >= 11 is 7.14. The average molecular weight is 516 g/mol. The number of carbonyl (C=O) groups excluding carboxylic acids is 1. The van der Waals surface area contributed by atoms with Gasteiger partial charge in [-0.25, -0.2) is 5.43 Å². The fraction of sp³-hybridized carbons (Fsp3) is 0.0833. The van der Waals surface area contributed by atoms with E-state index >= 15 is 0 Å². The largest absolute Gasteiger partial charge is 0.417 e. The van der Waals surface area contributed by atoms with Crippen LogP contribution in [0.2, 0.25) is 5.02 Å². The zero-order valence-corrected chi connectivity index (χ0v) is 19.5. The number of thioether (sulfide) groups is 1. The lowest BCUT2D eigenvalue weighted by Gasteiger charge is -2.10. The molecule has 0 atom stereocenters. The summed E-state index contributed by atoms with van der Waals surface area (Å²) in [5, 5.41) is 13.2. The Kier molecular flexibility index (Phi) is 7.52. The van der Waals surface area contributed by atoms with Gasteiger partial charge in [0.15, 0.2) is 11.0 Å². The molecule has 178 valence electrons. The van der Waals surface area contributed by atoms with E-state index in [1.165, 1.54) is 18.2 Å². The average Bonchev–Trinajstić information content (AvgIpc) is 3.27. The minimum absolute atomic E-state index is 0.0846. The van der Waals surface area contributed by atoms with Gasteiger partial charge in [0.25, 0.3) is 5.91 Å². The molecule has 0 aliphatic carbocycles. The molecule has 1 heterocycles. The van der Waals surface area contributed by atoms with Crippen molar-refractivity contribution in [2.24, 2.45) is 5.10 Å². The molecule has 0 aliphatic rings. The highest BCUT2D eigenvalue weighted by Crippen LogP contribution is 2.31. The van der Waals surface area contributed by atoms with Crippen molar-refractivity contribution in [2.75, 3.05) is 5.75 Å². The quantitative estimate of drug-likeness (QED) is 0.190. The number of nitrogens with zero attached hydrogens (tertiary/aromatic N) is 4. The van der Waals surface area contributed by atoms with E-state index in [0.29, 0.717) is 16.0 Å². The lowest BCUT2D eigenvalue weighted by atomic mass is 10.1. The summed E-state index contributed by atoms with van der Waals surface area (Å²) in [6.07, 6.45) is -3.56. The predicted molar refractivity (Wildman–Crippen MR) is 130 cm³/mol. The first-order valence-corrected chi connectivity index (χ1v) is 11.6. The van der Waals surface area contributed by atoms with Crippen LogP contribution in [-0.4, -0.2) is 32.6 Å². The van der Waals surface area contributed by atoms with Crippen LogP contribution >= 0.6 is 23.4 Å². The number of aromatic nitrogens is 3. The van der Waals surface area contributed by atoms with Crippen LogP contribution in [0.1, 0.15) is 11.1 Å². The zero-order chi connectivity index (χ0) is 24.8. The molecule has 4 rings (SSSR count). The normalized spacial score (nSPS) is 11.7. The Morgan fingerprint density at radius 1 is 1.00 bits per heavy atom. The summed E-state index contributed by atoms with van der Waals surface area (Å²) in [4.78, 5) is 12.3. The maximum atomic E-state index is 13.1. The highest BCUT2D eigenvalue weighted by molar-refractivity contribution is 7.99. The first-order valence-electron chi connectivity index (χ1n) is 10.2. The van der Waals surface area contributed by atoms with Crippen LogP contribution in [0.4, 0.5) is 13.2 Å². The second-order valence-corrected chi connectivity index (χ2v) is 8.53. The summed E-state index contributed by atoms with van der Waals surface area (Å²) in [5.74, 6) is -0.0149. The molecular weight excluding hydrogens is 499 g/mol. The third kappa shape index (κ3) is 6.09. The molecule has 11 heteroatoms. The maximum Gasteiger partial charge on any atom is 0.417 e. The molecule has 0 fully saturated rings. The van der Waals surface area contributed by atoms with Crippen LogP contribution in [0.15, 0.2) is 89.1 Å². The van der Waals surface area contributed by atoms with Crippen molar-refractivity contribution < 1.29 is 18.0 Å². The lowest BCUT2D eigenvalue weighted by Crippen LogP contribution is -2.20. The number of hydrogen-bond donors (Lipinski definition) is 1. The number of carbonyl (C=O) groups is 1. The molecule has 1 amide bonds. The zero-order valence-electron chi connectivity index (χ0n) is 17.9. The highest BCUT2D eigenvalue weighted by Gasteiger charge is 2.32. The number of benzene rings is 3. The maximum absolute atomic E-state index is 13.1. The van der Waals surface area contributed by atoms with Crippen LogP contribution in [-0.2, 0) is 11.0 Å². The van der Waals surface area contributed by atoms with Gasteiger partial charge in [0.05, 0.1) is 17.5 Å². The molecule has 0 unspecified atom stereocenters. The minimum atomic E-state index is -4.52. The van der Waals surface area contributed by atoms with Gasteiger partial charge in [-0.05, 0) is 30.3 Å². The van der Waals surface area contributed by atoms with Gasteiger partial charge in [0.2, 0.25) is 0 Å². The van der Waals surface area contributed by atoms with E-state index in [1.54, 1.807) is 16.7 Å². The molecule has 0 aliphatic heterocycles. The predicted octanol–water partition coefficient (Wildman–Crippen LogP) is 5.85. The summed E-state index contributed by atoms with van der Waals surface area (Å²) < 4.78 is 41.1. The molecule has 0 saturated heterocycles. The molecular formula is C24H17ClF3N5OS. The van der Waals surface area contributed by atoms with Gasteiger partial charge in [-0.2, -0.15) is 18.3 Å². The van der Waals surface area contributed by atoms with Crippen molar-refractivity contribution in [1.29, 1.82) is 0 Å². The Morgan fingerprint density at radius 3 is 2.40 bits per heavy atom. The van der Waals surface area contributed by atoms with E-state index in [0.717, 1.165) is 35.3 Å². The van der Waals surface area contributed by atoms with E-state index in [-0.39, 0.29) is 11.3 Å².